The number of fused-ring (bicyclic) bond motifs is 1. The minimum atomic E-state index is -0.478. The zero-order chi connectivity index (χ0) is 20.8. The Balaban J connectivity index is 1.64. The minimum Gasteiger partial charge on any atom is -0.465 e. The first kappa shape index (κ1) is 21.8. The molecule has 5 nitrogen and oxygen atoms in total. The highest BCUT2D eigenvalue weighted by Crippen LogP contribution is 2.39. The van der Waals surface area contributed by atoms with Gasteiger partial charge in [0.2, 0.25) is 5.91 Å². The highest BCUT2D eigenvalue weighted by atomic mass is 16.5. The van der Waals surface area contributed by atoms with Crippen molar-refractivity contribution in [2.45, 2.75) is 89.9 Å². The van der Waals surface area contributed by atoms with Gasteiger partial charge in [0.15, 0.2) is 0 Å². The molecule has 5 atom stereocenters. The second-order valence-electron chi connectivity index (χ2n) is 8.66. The summed E-state index contributed by atoms with van der Waals surface area (Å²) in [5, 5.41) is 3.30. The summed E-state index contributed by atoms with van der Waals surface area (Å²) in [5.74, 6) is 0.503. The fourth-order valence-electron chi connectivity index (χ4n) is 5.15. The van der Waals surface area contributed by atoms with Crippen LogP contribution in [0.3, 0.4) is 0 Å². The summed E-state index contributed by atoms with van der Waals surface area (Å²) in [5.41, 5.74) is 1.18. The number of likely N-dealkylation sites (tertiary alicyclic amines) is 1. The number of carbonyl (C=O) groups is 2. The number of rotatable bonds is 8. The van der Waals surface area contributed by atoms with Crippen LogP contribution in [0.15, 0.2) is 30.3 Å². The number of nitrogens with one attached hydrogen (secondary N) is 1. The zero-order valence-corrected chi connectivity index (χ0v) is 18.1. The van der Waals surface area contributed by atoms with Crippen LogP contribution in [0.5, 0.6) is 0 Å². The van der Waals surface area contributed by atoms with Gasteiger partial charge in [-0.15, -0.1) is 0 Å². The van der Waals surface area contributed by atoms with Gasteiger partial charge in [0.1, 0.15) is 6.04 Å². The number of carbonyl (C=O) groups excluding carboxylic acids is 2. The summed E-state index contributed by atoms with van der Waals surface area (Å²) in [7, 11) is 0. The molecule has 0 unspecified atom stereocenters. The van der Waals surface area contributed by atoms with E-state index in [-0.39, 0.29) is 17.9 Å². The predicted molar refractivity (Wildman–Crippen MR) is 114 cm³/mol. The molecule has 2 fully saturated rings. The maximum atomic E-state index is 13.3. The van der Waals surface area contributed by atoms with Gasteiger partial charge in [-0.1, -0.05) is 43.2 Å². The number of aryl methyl sites for hydroxylation is 1. The second kappa shape index (κ2) is 10.2. The van der Waals surface area contributed by atoms with Crippen LogP contribution in [0.25, 0.3) is 0 Å². The van der Waals surface area contributed by atoms with Crippen LogP contribution in [0.4, 0.5) is 0 Å². The van der Waals surface area contributed by atoms with E-state index in [1.165, 1.54) is 24.8 Å². The molecule has 29 heavy (non-hydrogen) atoms. The molecule has 1 aromatic rings. The Morgan fingerprint density at radius 3 is 2.66 bits per heavy atom. The van der Waals surface area contributed by atoms with E-state index in [9.17, 15) is 9.59 Å². The zero-order valence-electron chi connectivity index (χ0n) is 18.1. The van der Waals surface area contributed by atoms with E-state index >= 15 is 0 Å². The summed E-state index contributed by atoms with van der Waals surface area (Å²) >= 11 is 0. The first-order valence-corrected chi connectivity index (χ1v) is 11.3. The van der Waals surface area contributed by atoms with Crippen molar-refractivity contribution in [3.8, 4) is 0 Å². The van der Waals surface area contributed by atoms with Gasteiger partial charge in [-0.2, -0.15) is 0 Å². The summed E-state index contributed by atoms with van der Waals surface area (Å²) in [6.45, 7) is 6.22. The number of benzene rings is 1. The SMILES string of the molecule is CCOC(=O)[C@H](CCc1ccccc1)N[C@@H](C)C(=O)N1[C@H](C)C[C@H]2CCCC[C@@H]21. The number of hydrogen-bond acceptors (Lipinski definition) is 4. The summed E-state index contributed by atoms with van der Waals surface area (Å²) in [6.07, 6.45) is 7.34. The molecule has 1 heterocycles. The summed E-state index contributed by atoms with van der Waals surface area (Å²) in [4.78, 5) is 28.0. The normalized spacial score (nSPS) is 25.9. The van der Waals surface area contributed by atoms with Crippen LogP contribution in [0.1, 0.15) is 64.9 Å². The van der Waals surface area contributed by atoms with Crippen molar-refractivity contribution in [1.29, 1.82) is 0 Å². The fourth-order valence-corrected chi connectivity index (χ4v) is 5.15. The average Bonchev–Trinajstić information content (AvgIpc) is 3.06. The van der Waals surface area contributed by atoms with Gasteiger partial charge in [0.05, 0.1) is 12.6 Å². The molecule has 1 aliphatic carbocycles. The van der Waals surface area contributed by atoms with E-state index < -0.39 is 12.1 Å². The number of ether oxygens (including phenoxy) is 1. The van der Waals surface area contributed by atoms with E-state index in [0.29, 0.717) is 25.0 Å². The highest BCUT2D eigenvalue weighted by molar-refractivity contribution is 5.84. The van der Waals surface area contributed by atoms with Crippen LogP contribution in [0, 0.1) is 5.92 Å². The van der Waals surface area contributed by atoms with E-state index in [1.54, 1.807) is 0 Å². The van der Waals surface area contributed by atoms with Crippen LogP contribution >= 0.6 is 0 Å². The molecule has 5 heteroatoms. The van der Waals surface area contributed by atoms with Gasteiger partial charge in [-0.3, -0.25) is 14.9 Å². The summed E-state index contributed by atoms with van der Waals surface area (Å²) < 4.78 is 5.28. The number of esters is 1. The Labute approximate surface area is 175 Å². The van der Waals surface area contributed by atoms with Crippen molar-refractivity contribution in [1.82, 2.24) is 10.2 Å². The van der Waals surface area contributed by atoms with Crippen LogP contribution in [-0.4, -0.2) is 47.6 Å². The second-order valence-corrected chi connectivity index (χ2v) is 8.66. The van der Waals surface area contributed by atoms with Gasteiger partial charge in [-0.05, 0) is 64.4 Å². The molecule has 0 bridgehead atoms. The molecule has 2 aliphatic rings. The van der Waals surface area contributed by atoms with E-state index in [4.69, 9.17) is 4.74 Å². The molecule has 1 N–H and O–H groups in total. The molecule has 0 aromatic heterocycles. The molecular weight excluding hydrogens is 364 g/mol. The fraction of sp³-hybridized carbons (Fsp3) is 0.667. The Morgan fingerprint density at radius 2 is 1.93 bits per heavy atom. The van der Waals surface area contributed by atoms with Crippen LogP contribution in [-0.2, 0) is 20.7 Å². The van der Waals surface area contributed by atoms with Crippen LogP contribution < -0.4 is 5.32 Å². The standard InChI is InChI=1S/C24H36N2O3/c1-4-29-24(28)21(15-14-19-10-6-5-7-11-19)25-18(3)23(27)26-17(2)16-20-12-8-9-13-22(20)26/h5-7,10-11,17-18,20-22,25H,4,8-9,12-16H2,1-3H3/t17-,18+,20-,21+,22+/m1/s1. The van der Waals surface area contributed by atoms with Gasteiger partial charge in [-0.25, -0.2) is 0 Å². The largest absolute Gasteiger partial charge is 0.465 e. The maximum absolute atomic E-state index is 13.3. The first-order valence-electron chi connectivity index (χ1n) is 11.3. The first-order chi connectivity index (χ1) is 14.0. The molecule has 1 aromatic carbocycles. The molecule has 1 saturated carbocycles. The number of amides is 1. The van der Waals surface area contributed by atoms with Gasteiger partial charge < -0.3 is 9.64 Å². The average molecular weight is 401 g/mol. The Morgan fingerprint density at radius 1 is 1.21 bits per heavy atom. The molecule has 1 saturated heterocycles. The van der Waals surface area contributed by atoms with E-state index in [0.717, 1.165) is 19.3 Å². The van der Waals surface area contributed by atoms with E-state index in [2.05, 4.69) is 29.3 Å². The quantitative estimate of drug-likeness (QED) is 0.676. The Kier molecular flexibility index (Phi) is 7.70. The van der Waals surface area contributed by atoms with Gasteiger partial charge >= 0.3 is 5.97 Å². The third-order valence-corrected chi connectivity index (χ3v) is 6.56. The molecule has 1 amide bonds. The molecule has 160 valence electrons. The predicted octanol–water partition coefficient (Wildman–Crippen LogP) is 3.71. The van der Waals surface area contributed by atoms with E-state index in [1.807, 2.05) is 32.0 Å². The lowest BCUT2D eigenvalue weighted by atomic mass is 9.85. The summed E-state index contributed by atoms with van der Waals surface area (Å²) in [6, 6.07) is 9.90. The highest BCUT2D eigenvalue weighted by Gasteiger charge is 2.43. The molecule has 0 radical (unpaired) electrons. The number of hydrogen-bond donors (Lipinski definition) is 1. The van der Waals surface area contributed by atoms with Crippen molar-refractivity contribution >= 4 is 11.9 Å². The smallest absolute Gasteiger partial charge is 0.323 e. The molecular formula is C24H36N2O3. The van der Waals surface area contributed by atoms with Crippen molar-refractivity contribution in [2.75, 3.05) is 6.61 Å². The van der Waals surface area contributed by atoms with Crippen molar-refractivity contribution < 1.29 is 14.3 Å². The molecule has 3 rings (SSSR count). The lowest BCUT2D eigenvalue weighted by Gasteiger charge is -2.35. The third kappa shape index (κ3) is 5.39. The third-order valence-electron chi connectivity index (χ3n) is 6.56. The Hall–Kier alpha value is -1.88. The number of nitrogens with zero attached hydrogens (tertiary/aromatic N) is 1. The lowest BCUT2D eigenvalue weighted by Crippen LogP contribution is -2.54. The van der Waals surface area contributed by atoms with Crippen molar-refractivity contribution in [3.63, 3.8) is 0 Å². The molecule has 0 spiro atoms. The Bertz CT molecular complexity index is 678. The van der Waals surface area contributed by atoms with Crippen molar-refractivity contribution in [2.24, 2.45) is 5.92 Å². The molecule has 1 aliphatic heterocycles. The van der Waals surface area contributed by atoms with Gasteiger partial charge in [0.25, 0.3) is 0 Å². The van der Waals surface area contributed by atoms with Crippen molar-refractivity contribution in [3.05, 3.63) is 35.9 Å². The minimum absolute atomic E-state index is 0.126. The monoisotopic (exact) mass is 400 g/mol. The van der Waals surface area contributed by atoms with Crippen LogP contribution in [0.2, 0.25) is 0 Å². The van der Waals surface area contributed by atoms with Gasteiger partial charge in [0, 0.05) is 12.1 Å². The lowest BCUT2D eigenvalue weighted by molar-refractivity contribution is -0.146. The maximum Gasteiger partial charge on any atom is 0.323 e. The topological polar surface area (TPSA) is 58.6 Å².